The molecule has 0 aliphatic carbocycles. The lowest BCUT2D eigenvalue weighted by molar-refractivity contribution is 0.316. The summed E-state index contributed by atoms with van der Waals surface area (Å²) < 4.78 is 38.0. The van der Waals surface area contributed by atoms with Gasteiger partial charge in [-0.15, -0.1) is 0 Å². The molecule has 0 saturated heterocycles. The minimum Gasteiger partial charge on any atom is -0.494 e. The van der Waals surface area contributed by atoms with Crippen LogP contribution >= 0.6 is 11.6 Å². The van der Waals surface area contributed by atoms with E-state index in [4.69, 9.17) is 21.1 Å². The van der Waals surface area contributed by atoms with Crippen LogP contribution in [0.5, 0.6) is 11.5 Å². The van der Waals surface area contributed by atoms with Crippen molar-refractivity contribution < 1.29 is 17.9 Å². The maximum atomic E-state index is 12.9. The molecule has 2 aromatic rings. The predicted molar refractivity (Wildman–Crippen MR) is 89.1 cm³/mol. The average Bonchev–Trinajstić information content (AvgIpc) is 2.55. The molecule has 2 aromatic carbocycles. The fraction of sp³-hybridized carbons (Fsp3) is 0.250. The van der Waals surface area contributed by atoms with E-state index in [0.29, 0.717) is 35.4 Å². The maximum absolute atomic E-state index is 12.9. The lowest BCUT2D eigenvalue weighted by Crippen LogP contribution is -2.37. The lowest BCUT2D eigenvalue weighted by atomic mass is 10.2. The summed E-state index contributed by atoms with van der Waals surface area (Å²) in [5.74, 6) is 1.15. The first kappa shape index (κ1) is 16.0. The Hall–Kier alpha value is -1.92. The Morgan fingerprint density at radius 3 is 2.65 bits per heavy atom. The van der Waals surface area contributed by atoms with Crippen molar-refractivity contribution in [2.45, 2.75) is 11.8 Å². The topological polar surface area (TPSA) is 55.8 Å². The van der Waals surface area contributed by atoms with Gasteiger partial charge in [0.1, 0.15) is 18.1 Å². The van der Waals surface area contributed by atoms with Gasteiger partial charge in [0.15, 0.2) is 0 Å². The van der Waals surface area contributed by atoms with Crippen molar-refractivity contribution >= 4 is 27.3 Å². The van der Waals surface area contributed by atoms with E-state index in [-0.39, 0.29) is 11.4 Å². The third-order valence-corrected chi connectivity index (χ3v) is 5.53. The van der Waals surface area contributed by atoms with Crippen LogP contribution in [-0.2, 0) is 10.0 Å². The first-order valence-electron chi connectivity index (χ1n) is 7.20. The zero-order valence-corrected chi connectivity index (χ0v) is 14.1. The Balaban J connectivity index is 1.99. The zero-order chi connectivity index (χ0) is 16.4. The smallest absolute Gasteiger partial charge is 0.264 e. The van der Waals surface area contributed by atoms with Crippen molar-refractivity contribution in [2.24, 2.45) is 0 Å². The third-order valence-electron chi connectivity index (χ3n) is 3.46. The van der Waals surface area contributed by atoms with Gasteiger partial charge in [0, 0.05) is 5.02 Å². The van der Waals surface area contributed by atoms with E-state index in [9.17, 15) is 8.42 Å². The summed E-state index contributed by atoms with van der Waals surface area (Å²) in [6.07, 6.45) is 0. The van der Waals surface area contributed by atoms with E-state index in [0.717, 1.165) is 0 Å². The summed E-state index contributed by atoms with van der Waals surface area (Å²) >= 11 is 6.00. The fourth-order valence-corrected chi connectivity index (χ4v) is 4.04. The van der Waals surface area contributed by atoms with Gasteiger partial charge in [-0.1, -0.05) is 11.6 Å². The second-order valence-corrected chi connectivity index (χ2v) is 7.24. The van der Waals surface area contributed by atoms with Crippen molar-refractivity contribution in [1.82, 2.24) is 0 Å². The Labute approximate surface area is 140 Å². The number of fused-ring (bicyclic) bond motifs is 1. The quantitative estimate of drug-likeness (QED) is 0.846. The molecule has 0 bridgehead atoms. The van der Waals surface area contributed by atoms with Gasteiger partial charge in [-0.2, -0.15) is 0 Å². The second kappa shape index (κ2) is 6.29. The van der Waals surface area contributed by atoms with Gasteiger partial charge in [0.25, 0.3) is 10.0 Å². The van der Waals surface area contributed by atoms with Crippen LogP contribution in [0.2, 0.25) is 5.02 Å². The van der Waals surface area contributed by atoms with E-state index in [1.807, 2.05) is 6.92 Å². The molecule has 0 fully saturated rings. The summed E-state index contributed by atoms with van der Waals surface area (Å²) in [4.78, 5) is 0.203. The predicted octanol–water partition coefficient (Wildman–Crippen LogP) is 3.33. The number of benzene rings is 2. The minimum atomic E-state index is -3.68. The number of ether oxygens (including phenoxy) is 2. The number of halogens is 1. The number of nitrogens with zero attached hydrogens (tertiary/aromatic N) is 1. The van der Waals surface area contributed by atoms with Crippen molar-refractivity contribution in [3.8, 4) is 11.5 Å². The first-order valence-corrected chi connectivity index (χ1v) is 9.02. The summed E-state index contributed by atoms with van der Waals surface area (Å²) in [6.45, 7) is 2.94. The van der Waals surface area contributed by atoms with Crippen LogP contribution in [0.3, 0.4) is 0 Å². The van der Waals surface area contributed by atoms with Crippen LogP contribution in [0, 0.1) is 0 Å². The Kier molecular flexibility index (Phi) is 4.37. The van der Waals surface area contributed by atoms with Gasteiger partial charge >= 0.3 is 0 Å². The highest BCUT2D eigenvalue weighted by molar-refractivity contribution is 7.92. The number of sulfonamides is 1. The molecule has 3 rings (SSSR count). The van der Waals surface area contributed by atoms with Crippen molar-refractivity contribution in [3.63, 3.8) is 0 Å². The molecule has 0 unspecified atom stereocenters. The summed E-state index contributed by atoms with van der Waals surface area (Å²) in [5.41, 5.74) is 0.456. The minimum absolute atomic E-state index is 0.203. The Bertz CT molecular complexity index is 805. The number of rotatable bonds is 4. The second-order valence-electron chi connectivity index (χ2n) is 4.94. The van der Waals surface area contributed by atoms with Crippen LogP contribution in [-0.4, -0.2) is 28.2 Å². The molecule has 1 heterocycles. The zero-order valence-electron chi connectivity index (χ0n) is 12.5. The van der Waals surface area contributed by atoms with E-state index in [2.05, 4.69) is 0 Å². The largest absolute Gasteiger partial charge is 0.494 e. The molecule has 0 atom stereocenters. The summed E-state index contributed by atoms with van der Waals surface area (Å²) in [7, 11) is -3.68. The molecular weight excluding hydrogens is 338 g/mol. The summed E-state index contributed by atoms with van der Waals surface area (Å²) in [6, 6.07) is 11.3. The highest BCUT2D eigenvalue weighted by Gasteiger charge is 2.30. The van der Waals surface area contributed by atoms with Gasteiger partial charge in [-0.3, -0.25) is 4.31 Å². The normalized spacial score (nSPS) is 14.1. The molecule has 5 nitrogen and oxygen atoms in total. The monoisotopic (exact) mass is 353 g/mol. The highest BCUT2D eigenvalue weighted by Crippen LogP contribution is 2.37. The summed E-state index contributed by atoms with van der Waals surface area (Å²) in [5, 5.41) is 0.459. The van der Waals surface area contributed by atoms with Crippen molar-refractivity contribution in [3.05, 3.63) is 47.5 Å². The molecule has 0 amide bonds. The SMILES string of the molecule is CCOc1ccc(S(=O)(=O)N2CCOc3ccc(Cl)cc32)cc1. The van der Waals surface area contributed by atoms with E-state index in [1.54, 1.807) is 42.5 Å². The van der Waals surface area contributed by atoms with Crippen LogP contribution in [0.15, 0.2) is 47.4 Å². The first-order chi connectivity index (χ1) is 11.0. The fourth-order valence-electron chi connectivity index (χ4n) is 2.42. The molecule has 0 aromatic heterocycles. The van der Waals surface area contributed by atoms with Crippen molar-refractivity contribution in [1.29, 1.82) is 0 Å². The molecule has 0 radical (unpaired) electrons. The van der Waals surface area contributed by atoms with Gasteiger partial charge < -0.3 is 9.47 Å². The molecule has 1 aliphatic rings. The lowest BCUT2D eigenvalue weighted by Gasteiger charge is -2.30. The van der Waals surface area contributed by atoms with Crippen molar-refractivity contribution in [2.75, 3.05) is 24.1 Å². The Morgan fingerprint density at radius 2 is 1.96 bits per heavy atom. The van der Waals surface area contributed by atoms with Gasteiger partial charge in [0.05, 0.1) is 23.7 Å². The van der Waals surface area contributed by atoms with E-state index in [1.165, 1.54) is 4.31 Å². The number of hydrogen-bond donors (Lipinski definition) is 0. The Morgan fingerprint density at radius 1 is 1.22 bits per heavy atom. The average molecular weight is 354 g/mol. The molecular formula is C16H16ClNO4S. The molecule has 0 spiro atoms. The maximum Gasteiger partial charge on any atom is 0.264 e. The molecule has 1 aliphatic heterocycles. The molecule has 7 heteroatoms. The number of hydrogen-bond acceptors (Lipinski definition) is 4. The van der Waals surface area contributed by atoms with Crippen LogP contribution < -0.4 is 13.8 Å². The van der Waals surface area contributed by atoms with Crippen LogP contribution in [0.4, 0.5) is 5.69 Å². The molecule has 23 heavy (non-hydrogen) atoms. The van der Waals surface area contributed by atoms with E-state index >= 15 is 0 Å². The standard InChI is InChI=1S/C16H16ClNO4S/c1-2-21-13-4-6-14(7-5-13)23(19,20)18-9-10-22-16-8-3-12(17)11-15(16)18/h3-8,11H,2,9-10H2,1H3. The molecule has 0 saturated carbocycles. The molecule has 0 N–H and O–H groups in total. The highest BCUT2D eigenvalue weighted by atomic mass is 35.5. The number of anilines is 1. The van der Waals surface area contributed by atoms with E-state index < -0.39 is 10.0 Å². The van der Waals surface area contributed by atoms with Gasteiger partial charge in [-0.25, -0.2) is 8.42 Å². The third kappa shape index (κ3) is 3.09. The van der Waals surface area contributed by atoms with Gasteiger partial charge in [-0.05, 0) is 49.4 Å². The molecule has 122 valence electrons. The van der Waals surface area contributed by atoms with Gasteiger partial charge in [0.2, 0.25) is 0 Å². The van der Waals surface area contributed by atoms with Crippen LogP contribution in [0.25, 0.3) is 0 Å². The van der Waals surface area contributed by atoms with Crippen LogP contribution in [0.1, 0.15) is 6.92 Å².